The molecule has 7 heteroatoms. The molecule has 2 saturated heterocycles. The normalized spacial score (nSPS) is 25.1. The van der Waals surface area contributed by atoms with Crippen LogP contribution in [-0.2, 0) is 14.2 Å². The number of rotatable bonds is 7. The molecule has 2 aliphatic heterocycles. The van der Waals surface area contributed by atoms with E-state index in [-0.39, 0.29) is 29.8 Å². The van der Waals surface area contributed by atoms with E-state index in [0.29, 0.717) is 30.6 Å². The number of carbonyl (C=O) groups excluding carboxylic acids is 2. The summed E-state index contributed by atoms with van der Waals surface area (Å²) < 4.78 is 6.18. The van der Waals surface area contributed by atoms with Crippen LogP contribution >= 0.6 is 0 Å². The van der Waals surface area contributed by atoms with E-state index in [4.69, 9.17) is 4.65 Å². The van der Waals surface area contributed by atoms with Crippen LogP contribution in [0.15, 0.2) is 59.2 Å². The highest BCUT2D eigenvalue weighted by Gasteiger charge is 2.57. The molecule has 40 heavy (non-hydrogen) atoms. The lowest BCUT2D eigenvalue weighted by atomic mass is 9.57. The Morgan fingerprint density at radius 1 is 1.10 bits per heavy atom. The maximum atomic E-state index is 13.8. The summed E-state index contributed by atoms with van der Waals surface area (Å²) in [6, 6.07) is 13.2. The molecule has 2 amide bonds. The molecule has 210 valence electrons. The number of fused-ring (bicyclic) bond motifs is 3. The van der Waals surface area contributed by atoms with Crippen molar-refractivity contribution in [3.63, 3.8) is 0 Å². The molecule has 1 aliphatic carbocycles. The second kappa shape index (κ2) is 11.4. The van der Waals surface area contributed by atoms with Crippen molar-refractivity contribution in [1.82, 2.24) is 0 Å². The number of carbonyl (C=O) groups is 2. The number of nitrogens with zero attached hydrogens (tertiary/aromatic N) is 1. The predicted octanol–water partition coefficient (Wildman–Crippen LogP) is 6.24. The number of allylic oxidation sites excluding steroid dienone is 2. The van der Waals surface area contributed by atoms with Gasteiger partial charge in [-0.1, -0.05) is 56.2 Å². The van der Waals surface area contributed by atoms with Gasteiger partial charge in [0.15, 0.2) is 0 Å². The van der Waals surface area contributed by atoms with Gasteiger partial charge in [-0.3, -0.25) is 14.5 Å². The summed E-state index contributed by atoms with van der Waals surface area (Å²) in [6.07, 6.45) is 5.11. The van der Waals surface area contributed by atoms with Crippen molar-refractivity contribution in [2.75, 3.05) is 4.90 Å². The summed E-state index contributed by atoms with van der Waals surface area (Å²) in [6.45, 7) is 10.2. The Morgan fingerprint density at radius 2 is 1.77 bits per heavy atom. The largest absolute Gasteiger partial charge is 0.507 e. The predicted molar refractivity (Wildman–Crippen MR) is 159 cm³/mol. The fourth-order valence-corrected chi connectivity index (χ4v) is 7.06. The van der Waals surface area contributed by atoms with Gasteiger partial charge in [0.25, 0.3) is 0 Å². The van der Waals surface area contributed by atoms with Crippen LogP contribution in [0.3, 0.4) is 0 Å². The molecule has 0 saturated carbocycles. The summed E-state index contributed by atoms with van der Waals surface area (Å²) in [4.78, 5) is 28.8. The molecule has 4 atom stereocenters. The topological polar surface area (TPSA) is 87.1 Å². The Kier molecular flexibility index (Phi) is 8.07. The Hall–Kier alpha value is -3.16. The SMILES string of the molecule is CC/C(=C\c1cc(C)c(O)c(C)c1)CC[C@H]1OB(O)C[C@H]2C1=C(C(C)C)C[C@H]1C(=O)N(c3ccccc3)C(=O)[C@H]12. The molecule has 0 aromatic heterocycles. The van der Waals surface area contributed by atoms with Gasteiger partial charge in [-0.25, -0.2) is 0 Å². The average Bonchev–Trinajstić information content (AvgIpc) is 3.18. The quantitative estimate of drug-likeness (QED) is 0.246. The smallest absolute Gasteiger partial charge is 0.455 e. The average molecular weight is 541 g/mol. The number of para-hydroxylation sites is 1. The minimum atomic E-state index is -0.976. The van der Waals surface area contributed by atoms with E-state index < -0.39 is 19.0 Å². The zero-order valence-electron chi connectivity index (χ0n) is 24.2. The van der Waals surface area contributed by atoms with Gasteiger partial charge in [0.05, 0.1) is 23.6 Å². The first-order valence-corrected chi connectivity index (χ1v) is 14.6. The van der Waals surface area contributed by atoms with Crippen LogP contribution in [0.2, 0.25) is 6.32 Å². The lowest BCUT2D eigenvalue weighted by Crippen LogP contribution is -2.46. The van der Waals surface area contributed by atoms with Crippen LogP contribution in [0.1, 0.15) is 63.1 Å². The monoisotopic (exact) mass is 541 g/mol. The van der Waals surface area contributed by atoms with Gasteiger partial charge in [0.2, 0.25) is 11.8 Å². The minimum Gasteiger partial charge on any atom is -0.507 e. The van der Waals surface area contributed by atoms with Crippen molar-refractivity contribution < 1.29 is 24.4 Å². The maximum Gasteiger partial charge on any atom is 0.455 e. The summed E-state index contributed by atoms with van der Waals surface area (Å²) in [7, 11) is -0.976. The second-order valence-electron chi connectivity index (χ2n) is 11.9. The number of imide groups is 1. The standard InChI is InChI=1S/C33H40BNO5/c1-6-22(16-23-14-20(4)31(36)21(5)15-23)12-13-28-29-25(19(2)3)17-26-30(27(29)18-34(39)40-28)33(38)35(32(26)37)24-10-8-7-9-11-24/h7-11,14-16,19,26-28,30,36,39H,6,12-13,17-18H2,1-5H3/b22-16+/t26-,27+,28-,30-/m1/s1. The number of hydrogen-bond donors (Lipinski definition) is 2. The van der Waals surface area contributed by atoms with Crippen LogP contribution in [0.4, 0.5) is 5.69 Å². The third-order valence-corrected chi connectivity index (χ3v) is 9.02. The number of phenols is 1. The molecule has 0 spiro atoms. The zero-order valence-corrected chi connectivity index (χ0v) is 24.2. The number of anilines is 1. The van der Waals surface area contributed by atoms with Crippen molar-refractivity contribution in [3.05, 3.63) is 75.9 Å². The zero-order chi connectivity index (χ0) is 28.7. The molecule has 2 N–H and O–H groups in total. The van der Waals surface area contributed by atoms with Gasteiger partial charge in [-0.2, -0.15) is 0 Å². The van der Waals surface area contributed by atoms with E-state index in [1.54, 1.807) is 0 Å². The third kappa shape index (κ3) is 5.17. The summed E-state index contributed by atoms with van der Waals surface area (Å²) in [5.41, 5.74) is 6.97. The molecule has 3 aliphatic rings. The van der Waals surface area contributed by atoms with Gasteiger partial charge in [-0.05, 0) is 104 Å². The first-order valence-electron chi connectivity index (χ1n) is 14.6. The summed E-state index contributed by atoms with van der Waals surface area (Å²) in [5.74, 6) is -0.852. The fraction of sp³-hybridized carbons (Fsp3) is 0.455. The number of aromatic hydroxyl groups is 1. The molecule has 5 rings (SSSR count). The molecule has 2 heterocycles. The molecule has 6 nitrogen and oxygen atoms in total. The van der Waals surface area contributed by atoms with Crippen LogP contribution in [-0.4, -0.2) is 35.2 Å². The third-order valence-electron chi connectivity index (χ3n) is 9.02. The van der Waals surface area contributed by atoms with Gasteiger partial charge >= 0.3 is 7.12 Å². The van der Waals surface area contributed by atoms with E-state index in [0.717, 1.165) is 35.1 Å². The van der Waals surface area contributed by atoms with Gasteiger partial charge in [0.1, 0.15) is 5.75 Å². The molecule has 2 aromatic rings. The van der Waals surface area contributed by atoms with E-state index in [1.165, 1.54) is 16.0 Å². The van der Waals surface area contributed by atoms with Gasteiger partial charge in [0, 0.05) is 0 Å². The Bertz CT molecular complexity index is 1340. The number of aryl methyl sites for hydroxylation is 2. The van der Waals surface area contributed by atoms with E-state index in [9.17, 15) is 19.7 Å². The van der Waals surface area contributed by atoms with Crippen molar-refractivity contribution >= 4 is 30.7 Å². The molecular weight excluding hydrogens is 501 g/mol. The number of amides is 2. The van der Waals surface area contributed by atoms with E-state index >= 15 is 0 Å². The van der Waals surface area contributed by atoms with E-state index in [1.807, 2.05) is 56.3 Å². The van der Waals surface area contributed by atoms with Gasteiger partial charge < -0.3 is 14.8 Å². The maximum absolute atomic E-state index is 13.8. The number of phenolic OH excluding ortho intramolecular Hbond substituents is 1. The molecule has 2 aromatic carbocycles. The fourth-order valence-electron chi connectivity index (χ4n) is 7.06. The van der Waals surface area contributed by atoms with Crippen LogP contribution in [0.5, 0.6) is 5.75 Å². The second-order valence-corrected chi connectivity index (χ2v) is 11.9. The molecule has 0 bridgehead atoms. The van der Waals surface area contributed by atoms with Crippen LogP contribution in [0.25, 0.3) is 6.08 Å². The highest BCUT2D eigenvalue weighted by atomic mass is 16.5. The first kappa shape index (κ1) is 28.4. The van der Waals surface area contributed by atoms with Crippen molar-refractivity contribution in [2.24, 2.45) is 23.7 Å². The molecular formula is C33H40BNO5. The molecule has 0 unspecified atom stereocenters. The van der Waals surface area contributed by atoms with Crippen molar-refractivity contribution in [2.45, 2.75) is 72.7 Å². The highest BCUT2D eigenvalue weighted by molar-refractivity contribution is 6.43. The number of benzene rings is 2. The summed E-state index contributed by atoms with van der Waals surface area (Å²) >= 11 is 0. The Balaban J connectivity index is 1.44. The van der Waals surface area contributed by atoms with Gasteiger partial charge in [-0.15, -0.1) is 0 Å². The van der Waals surface area contributed by atoms with Crippen molar-refractivity contribution in [1.29, 1.82) is 0 Å². The Morgan fingerprint density at radius 3 is 2.40 bits per heavy atom. The minimum absolute atomic E-state index is 0.133. The van der Waals surface area contributed by atoms with Crippen LogP contribution in [0, 0.1) is 37.5 Å². The lowest BCUT2D eigenvalue weighted by molar-refractivity contribution is -0.122. The highest BCUT2D eigenvalue weighted by Crippen LogP contribution is 2.52. The molecule has 2 fully saturated rings. The van der Waals surface area contributed by atoms with Crippen molar-refractivity contribution in [3.8, 4) is 5.75 Å². The lowest BCUT2D eigenvalue weighted by Gasteiger charge is -2.44. The van der Waals surface area contributed by atoms with Crippen LogP contribution < -0.4 is 4.90 Å². The Labute approximate surface area is 237 Å². The first-order chi connectivity index (χ1) is 19.1. The molecule has 0 radical (unpaired) electrons. The number of hydrogen-bond acceptors (Lipinski definition) is 5. The van der Waals surface area contributed by atoms with E-state index in [2.05, 4.69) is 26.8 Å². The summed E-state index contributed by atoms with van der Waals surface area (Å²) in [5, 5.41) is 21.0.